The Balaban J connectivity index is 1.33. The molecule has 2 aliphatic rings. The van der Waals surface area contributed by atoms with Crippen LogP contribution in [0.25, 0.3) is 4.96 Å². The van der Waals surface area contributed by atoms with Crippen molar-refractivity contribution in [3.8, 4) is 0 Å². The minimum absolute atomic E-state index is 0.0174. The molecule has 0 bridgehead atoms. The summed E-state index contributed by atoms with van der Waals surface area (Å²) in [7, 11) is 0. The molecule has 1 fully saturated rings. The lowest BCUT2D eigenvalue weighted by Crippen LogP contribution is -2.33. The quantitative estimate of drug-likeness (QED) is 0.414. The third-order valence-corrected chi connectivity index (χ3v) is 5.79. The van der Waals surface area contributed by atoms with Gasteiger partial charge in [-0.15, -0.1) is 0 Å². The third kappa shape index (κ3) is 3.35. The summed E-state index contributed by atoms with van der Waals surface area (Å²) in [5.74, 6) is -1.56. The molecule has 146 valence electrons. The summed E-state index contributed by atoms with van der Waals surface area (Å²) in [6.07, 6.45) is 4.90. The van der Waals surface area contributed by atoms with Crippen LogP contribution in [0.2, 0.25) is 0 Å². The van der Waals surface area contributed by atoms with Crippen LogP contribution in [0.15, 0.2) is 23.0 Å². The lowest BCUT2D eigenvalue weighted by molar-refractivity contribution is -0.146. The second-order valence-corrected chi connectivity index (χ2v) is 7.86. The van der Waals surface area contributed by atoms with E-state index < -0.39 is 5.97 Å². The highest BCUT2D eigenvalue weighted by atomic mass is 32.1. The van der Waals surface area contributed by atoms with Crippen LogP contribution in [0.5, 0.6) is 0 Å². The van der Waals surface area contributed by atoms with Crippen molar-refractivity contribution in [3.05, 3.63) is 39.3 Å². The smallest absolute Gasteiger partial charge is 0.308 e. The number of ether oxygens (including phenoxy) is 1. The number of fused-ring (bicyclic) bond motifs is 2. The second kappa shape index (κ2) is 7.27. The van der Waals surface area contributed by atoms with Gasteiger partial charge in [-0.05, 0) is 19.8 Å². The minimum Gasteiger partial charge on any atom is -0.458 e. The van der Waals surface area contributed by atoms with Crippen LogP contribution < -0.4 is 5.56 Å². The Bertz CT molecular complexity index is 1030. The summed E-state index contributed by atoms with van der Waals surface area (Å²) in [5, 5.41) is 4.53. The molecule has 28 heavy (non-hydrogen) atoms. The van der Waals surface area contributed by atoms with Gasteiger partial charge in [-0.3, -0.25) is 24.1 Å². The van der Waals surface area contributed by atoms with Gasteiger partial charge in [-0.1, -0.05) is 23.5 Å². The maximum Gasteiger partial charge on any atom is 0.308 e. The number of likely N-dealkylation sites (tertiary alicyclic amines) is 1. The second-order valence-electron chi connectivity index (χ2n) is 6.82. The molecule has 2 atom stereocenters. The number of hydrogen-bond acceptors (Lipinski definition) is 8. The molecule has 3 heterocycles. The van der Waals surface area contributed by atoms with E-state index in [1.165, 1.54) is 11.0 Å². The lowest BCUT2D eigenvalue weighted by Gasteiger charge is -2.14. The number of rotatable bonds is 5. The molecule has 1 aliphatic heterocycles. The average molecular weight is 402 g/mol. The largest absolute Gasteiger partial charge is 0.458 e. The standard InChI is InChI=1S/C18H18N4O5S/c1-10-8-14(23)22-18(19-10)28-13(20-22)9-27-15(24)6-7-21-16(25)11-4-2-3-5-12(11)17(21)26/h2-3,8,11-12H,4-7,9H2,1H3/t11-,12-/m1/s1. The number of carbonyl (C=O) groups is 3. The number of aromatic nitrogens is 3. The van der Waals surface area contributed by atoms with Gasteiger partial charge in [0.1, 0.15) is 6.61 Å². The van der Waals surface area contributed by atoms with E-state index >= 15 is 0 Å². The van der Waals surface area contributed by atoms with Crippen molar-refractivity contribution in [1.29, 1.82) is 0 Å². The zero-order valence-corrected chi connectivity index (χ0v) is 16.0. The number of amides is 2. The number of esters is 1. The molecule has 9 nitrogen and oxygen atoms in total. The van der Waals surface area contributed by atoms with Crippen LogP contribution in [0.3, 0.4) is 0 Å². The first kappa shape index (κ1) is 18.5. The van der Waals surface area contributed by atoms with Gasteiger partial charge in [0.25, 0.3) is 5.56 Å². The van der Waals surface area contributed by atoms with E-state index in [0.717, 1.165) is 15.9 Å². The Morgan fingerprint density at radius 3 is 2.57 bits per heavy atom. The molecule has 2 aromatic heterocycles. The van der Waals surface area contributed by atoms with Gasteiger partial charge >= 0.3 is 5.97 Å². The Hall–Kier alpha value is -2.88. The molecule has 1 saturated heterocycles. The summed E-state index contributed by atoms with van der Waals surface area (Å²) in [6, 6.07) is 1.37. The van der Waals surface area contributed by atoms with Crippen molar-refractivity contribution in [2.45, 2.75) is 32.8 Å². The van der Waals surface area contributed by atoms with Crippen LogP contribution in [0.4, 0.5) is 0 Å². The predicted octanol–water partition coefficient (Wildman–Crippen LogP) is 0.844. The van der Waals surface area contributed by atoms with Crippen LogP contribution in [-0.4, -0.2) is 43.8 Å². The summed E-state index contributed by atoms with van der Waals surface area (Å²) < 4.78 is 6.35. The fourth-order valence-corrected chi connectivity index (χ4v) is 4.38. The number of nitrogens with zero attached hydrogens (tertiary/aromatic N) is 4. The average Bonchev–Trinajstić information content (AvgIpc) is 3.18. The first-order valence-corrected chi connectivity index (χ1v) is 9.78. The van der Waals surface area contributed by atoms with Crippen molar-refractivity contribution < 1.29 is 19.1 Å². The maximum absolute atomic E-state index is 12.4. The van der Waals surface area contributed by atoms with Crippen LogP contribution in [0.1, 0.15) is 30.0 Å². The minimum atomic E-state index is -0.538. The maximum atomic E-state index is 12.4. The summed E-state index contributed by atoms with van der Waals surface area (Å²) >= 11 is 1.16. The molecule has 10 heteroatoms. The zero-order valence-electron chi connectivity index (χ0n) is 15.2. The SMILES string of the molecule is Cc1cc(=O)n2nc(COC(=O)CCN3C(=O)[C@@H]4CC=CC[C@H]4C3=O)sc2n1. The van der Waals surface area contributed by atoms with Crippen LogP contribution >= 0.6 is 11.3 Å². The molecule has 2 aromatic rings. The van der Waals surface area contributed by atoms with Crippen LogP contribution in [-0.2, 0) is 25.7 Å². The normalized spacial score (nSPS) is 21.4. The fraction of sp³-hybridized carbons (Fsp3) is 0.444. The van der Waals surface area contributed by atoms with Crippen molar-refractivity contribution in [2.24, 2.45) is 11.8 Å². The van der Waals surface area contributed by atoms with E-state index in [9.17, 15) is 19.2 Å². The highest BCUT2D eigenvalue weighted by molar-refractivity contribution is 7.16. The lowest BCUT2D eigenvalue weighted by atomic mass is 9.85. The summed E-state index contributed by atoms with van der Waals surface area (Å²) in [5.41, 5.74) is 0.297. The molecule has 0 saturated carbocycles. The summed E-state index contributed by atoms with van der Waals surface area (Å²) in [4.78, 5) is 54.5. The molecule has 0 N–H and O–H groups in total. The third-order valence-electron chi connectivity index (χ3n) is 4.91. The highest BCUT2D eigenvalue weighted by Crippen LogP contribution is 2.35. The van der Waals surface area contributed by atoms with Gasteiger partial charge in [0, 0.05) is 18.3 Å². The number of allylic oxidation sites excluding steroid dienone is 2. The Labute approximate surface area is 163 Å². The van der Waals surface area contributed by atoms with E-state index in [1.54, 1.807) is 6.92 Å². The molecular formula is C18H18N4O5S. The van der Waals surface area contributed by atoms with E-state index in [-0.39, 0.29) is 48.8 Å². The Morgan fingerprint density at radius 1 is 1.21 bits per heavy atom. The van der Waals surface area contributed by atoms with Gasteiger partial charge in [-0.25, -0.2) is 4.98 Å². The molecular weight excluding hydrogens is 384 g/mol. The highest BCUT2D eigenvalue weighted by Gasteiger charge is 2.46. The molecule has 0 unspecified atom stereocenters. The van der Waals surface area contributed by atoms with E-state index in [2.05, 4.69) is 10.1 Å². The van der Waals surface area contributed by atoms with Crippen molar-refractivity contribution in [3.63, 3.8) is 0 Å². The van der Waals surface area contributed by atoms with Gasteiger partial charge in [0.05, 0.1) is 18.3 Å². The number of aryl methyl sites for hydroxylation is 1. The van der Waals surface area contributed by atoms with Gasteiger partial charge in [-0.2, -0.15) is 9.61 Å². The van der Waals surface area contributed by atoms with Crippen molar-refractivity contribution in [1.82, 2.24) is 19.5 Å². The van der Waals surface area contributed by atoms with Crippen molar-refractivity contribution in [2.75, 3.05) is 6.54 Å². The molecule has 0 aromatic carbocycles. The van der Waals surface area contributed by atoms with Crippen LogP contribution in [0, 0.1) is 18.8 Å². The predicted molar refractivity (Wildman–Crippen MR) is 98.4 cm³/mol. The zero-order chi connectivity index (χ0) is 19.8. The number of carbonyl (C=O) groups excluding carboxylic acids is 3. The van der Waals surface area contributed by atoms with Crippen molar-refractivity contribution >= 4 is 34.1 Å². The molecule has 4 rings (SSSR count). The first-order valence-electron chi connectivity index (χ1n) is 8.96. The topological polar surface area (TPSA) is 111 Å². The molecule has 2 amide bonds. The summed E-state index contributed by atoms with van der Waals surface area (Å²) in [6.45, 7) is 1.64. The molecule has 0 spiro atoms. The number of hydrogen-bond donors (Lipinski definition) is 0. The Morgan fingerprint density at radius 2 is 1.89 bits per heavy atom. The molecule has 1 aliphatic carbocycles. The van der Waals surface area contributed by atoms with Gasteiger partial charge in [0.15, 0.2) is 5.01 Å². The Kier molecular flexibility index (Phi) is 4.80. The van der Waals surface area contributed by atoms with E-state index in [0.29, 0.717) is 28.5 Å². The van der Waals surface area contributed by atoms with E-state index in [4.69, 9.17) is 4.74 Å². The van der Waals surface area contributed by atoms with Gasteiger partial charge < -0.3 is 4.74 Å². The van der Waals surface area contributed by atoms with Gasteiger partial charge in [0.2, 0.25) is 16.8 Å². The fourth-order valence-electron chi connectivity index (χ4n) is 3.53. The van der Waals surface area contributed by atoms with E-state index in [1.807, 2.05) is 12.2 Å². The number of imide groups is 1. The molecule has 0 radical (unpaired) electrons. The monoisotopic (exact) mass is 402 g/mol. The first-order chi connectivity index (χ1) is 13.4.